The summed E-state index contributed by atoms with van der Waals surface area (Å²) in [5, 5.41) is 0. The molecule has 7 heteroatoms. The van der Waals surface area contributed by atoms with Crippen molar-refractivity contribution in [1.29, 1.82) is 0 Å². The van der Waals surface area contributed by atoms with Gasteiger partial charge >= 0.3 is 0 Å². The molecule has 5 rings (SSSR count). The van der Waals surface area contributed by atoms with Crippen molar-refractivity contribution in [3.05, 3.63) is 54.1 Å². The van der Waals surface area contributed by atoms with E-state index in [1.807, 2.05) is 24.3 Å². The summed E-state index contributed by atoms with van der Waals surface area (Å²) >= 11 is 0. The Balaban J connectivity index is 1.49. The smallest absolute Gasteiger partial charge is 0.243 e. The predicted octanol–water partition coefficient (Wildman–Crippen LogP) is 3.49. The van der Waals surface area contributed by atoms with E-state index in [1.165, 1.54) is 12.8 Å². The van der Waals surface area contributed by atoms with Gasteiger partial charge in [-0.2, -0.15) is 4.31 Å². The average Bonchev–Trinajstić information content (AvgIpc) is 3.52. The molecule has 30 heavy (non-hydrogen) atoms. The van der Waals surface area contributed by atoms with Crippen molar-refractivity contribution in [2.75, 3.05) is 33.5 Å². The van der Waals surface area contributed by atoms with E-state index < -0.39 is 10.0 Å². The summed E-state index contributed by atoms with van der Waals surface area (Å²) in [4.78, 5) is 0.254. The lowest BCUT2D eigenvalue weighted by molar-refractivity contribution is 0.0645. The minimum Gasteiger partial charge on any atom is -0.497 e. The number of benzene rings is 2. The Morgan fingerprint density at radius 1 is 1.10 bits per heavy atom. The number of nitrogens with zero attached hydrogens (tertiary/aromatic N) is 1. The number of hydrogen-bond donors (Lipinski definition) is 0. The van der Waals surface area contributed by atoms with E-state index >= 15 is 0 Å². The zero-order valence-electron chi connectivity index (χ0n) is 17.1. The molecule has 0 radical (unpaired) electrons. The van der Waals surface area contributed by atoms with Gasteiger partial charge in [0.25, 0.3) is 0 Å². The molecular weight excluding hydrogens is 402 g/mol. The molecule has 1 saturated heterocycles. The second-order valence-corrected chi connectivity index (χ2v) is 10.3. The fourth-order valence-corrected chi connectivity index (χ4v) is 6.34. The number of fused-ring (bicyclic) bond motifs is 3. The maximum Gasteiger partial charge on any atom is 0.243 e. The number of rotatable bonds is 7. The van der Waals surface area contributed by atoms with Gasteiger partial charge in [-0.05, 0) is 37.0 Å². The molecule has 0 aromatic heterocycles. The Bertz CT molecular complexity index is 1020. The molecule has 0 amide bonds. The van der Waals surface area contributed by atoms with Crippen LogP contribution in [0.15, 0.2) is 53.4 Å². The minimum atomic E-state index is -3.70. The summed E-state index contributed by atoms with van der Waals surface area (Å²) < 4.78 is 46.3. The Morgan fingerprint density at radius 2 is 1.93 bits per heavy atom. The number of para-hydroxylation sites is 1. The summed E-state index contributed by atoms with van der Waals surface area (Å²) in [6.07, 6.45) is 2.48. The van der Waals surface area contributed by atoms with Crippen LogP contribution in [0.25, 0.3) is 0 Å². The van der Waals surface area contributed by atoms with Gasteiger partial charge in [0, 0.05) is 36.6 Å². The lowest BCUT2D eigenvalue weighted by atomic mass is 9.86. The molecule has 6 nitrogen and oxygen atoms in total. The molecule has 2 aliphatic heterocycles. The molecule has 2 aromatic carbocycles. The van der Waals surface area contributed by atoms with E-state index in [1.54, 1.807) is 35.7 Å². The highest BCUT2D eigenvalue weighted by molar-refractivity contribution is 7.89. The quantitative estimate of drug-likeness (QED) is 0.674. The van der Waals surface area contributed by atoms with E-state index in [2.05, 4.69) is 0 Å². The molecular formula is C23H27NO5S. The van der Waals surface area contributed by atoms with Crippen molar-refractivity contribution in [2.24, 2.45) is 17.8 Å². The Morgan fingerprint density at radius 3 is 2.73 bits per heavy atom. The monoisotopic (exact) mass is 429 g/mol. The van der Waals surface area contributed by atoms with Crippen LogP contribution in [0, 0.1) is 17.8 Å². The minimum absolute atomic E-state index is 0.0690. The summed E-state index contributed by atoms with van der Waals surface area (Å²) in [5.41, 5.74) is 0.935. The van der Waals surface area contributed by atoms with Crippen molar-refractivity contribution in [3.8, 4) is 11.5 Å². The van der Waals surface area contributed by atoms with E-state index in [9.17, 15) is 8.42 Å². The lowest BCUT2D eigenvalue weighted by Crippen LogP contribution is -2.35. The van der Waals surface area contributed by atoms with Crippen LogP contribution in [-0.2, 0) is 14.8 Å². The molecule has 0 unspecified atom stereocenters. The van der Waals surface area contributed by atoms with Gasteiger partial charge in [0.1, 0.15) is 11.5 Å². The first-order valence-electron chi connectivity index (χ1n) is 10.5. The zero-order chi connectivity index (χ0) is 20.7. The SMILES string of the molecule is COc1cccc(S(=O)(=O)N2C[C@@H](COCC3CC3)[C@@H]3COc4ccccc4[C@@H]32)c1. The van der Waals surface area contributed by atoms with Crippen LogP contribution >= 0.6 is 0 Å². The van der Waals surface area contributed by atoms with Crippen LogP contribution in [0.3, 0.4) is 0 Å². The van der Waals surface area contributed by atoms with Gasteiger partial charge in [0.15, 0.2) is 0 Å². The number of methoxy groups -OCH3 is 1. The molecule has 0 N–H and O–H groups in total. The topological polar surface area (TPSA) is 65.1 Å². The second kappa shape index (κ2) is 7.87. The fourth-order valence-electron chi connectivity index (χ4n) is 4.60. The van der Waals surface area contributed by atoms with Crippen LogP contribution in [-0.4, -0.2) is 46.2 Å². The van der Waals surface area contributed by atoms with Crippen molar-refractivity contribution in [2.45, 2.75) is 23.8 Å². The maximum atomic E-state index is 13.7. The van der Waals surface area contributed by atoms with Gasteiger partial charge in [-0.1, -0.05) is 24.3 Å². The van der Waals surface area contributed by atoms with Gasteiger partial charge < -0.3 is 14.2 Å². The largest absolute Gasteiger partial charge is 0.497 e. The summed E-state index contributed by atoms with van der Waals surface area (Å²) in [7, 11) is -2.16. The van der Waals surface area contributed by atoms with Gasteiger partial charge in [0.05, 0.1) is 31.3 Å². The average molecular weight is 430 g/mol. The number of ether oxygens (including phenoxy) is 3. The first-order valence-corrected chi connectivity index (χ1v) is 12.0. The van der Waals surface area contributed by atoms with Gasteiger partial charge in [0.2, 0.25) is 10.0 Å². The summed E-state index contributed by atoms with van der Waals surface area (Å²) in [6, 6.07) is 14.2. The van der Waals surface area contributed by atoms with Gasteiger partial charge in [-0.25, -0.2) is 8.42 Å². The van der Waals surface area contributed by atoms with Gasteiger partial charge in [-0.15, -0.1) is 0 Å². The first-order chi connectivity index (χ1) is 14.6. The van der Waals surface area contributed by atoms with E-state index in [-0.39, 0.29) is 22.8 Å². The third-order valence-corrected chi connectivity index (χ3v) is 8.28. The highest BCUT2D eigenvalue weighted by atomic mass is 32.2. The molecule has 2 heterocycles. The molecule has 0 bridgehead atoms. The van der Waals surface area contributed by atoms with Crippen molar-refractivity contribution < 1.29 is 22.6 Å². The zero-order valence-corrected chi connectivity index (χ0v) is 17.9. The van der Waals surface area contributed by atoms with Crippen LogP contribution < -0.4 is 9.47 Å². The van der Waals surface area contributed by atoms with Gasteiger partial charge in [-0.3, -0.25) is 0 Å². The summed E-state index contributed by atoms with van der Waals surface area (Å²) in [5.74, 6) is 2.15. The molecule has 2 aromatic rings. The Labute approximate surface area is 177 Å². The van der Waals surface area contributed by atoms with Crippen LogP contribution in [0.1, 0.15) is 24.4 Å². The van der Waals surface area contributed by atoms with Crippen LogP contribution in [0.2, 0.25) is 0 Å². The summed E-state index contributed by atoms with van der Waals surface area (Å²) in [6.45, 7) is 2.27. The standard InChI is InChI=1S/C23H27NO5S/c1-27-18-5-4-6-19(11-18)30(25,26)24-12-17(14-28-13-16-9-10-16)21-15-29-22-8-3-2-7-20(22)23(21)24/h2-8,11,16-17,21,23H,9-10,12-15H2,1H3/t17-,21-,23-/m0/s1. The number of hydrogen-bond acceptors (Lipinski definition) is 5. The second-order valence-electron chi connectivity index (χ2n) is 8.45. The lowest BCUT2D eigenvalue weighted by Gasteiger charge is -2.34. The van der Waals surface area contributed by atoms with Crippen LogP contribution in [0.5, 0.6) is 11.5 Å². The molecule has 1 saturated carbocycles. The normalized spacial score (nSPS) is 26.0. The highest BCUT2D eigenvalue weighted by Crippen LogP contribution is 2.49. The maximum absolute atomic E-state index is 13.7. The third-order valence-electron chi connectivity index (χ3n) is 6.43. The van der Waals surface area contributed by atoms with E-state index in [0.29, 0.717) is 31.4 Å². The third kappa shape index (κ3) is 3.59. The van der Waals surface area contributed by atoms with Crippen molar-refractivity contribution >= 4 is 10.0 Å². The van der Waals surface area contributed by atoms with E-state index in [0.717, 1.165) is 17.9 Å². The fraction of sp³-hybridized carbons (Fsp3) is 0.478. The Hall–Kier alpha value is -2.09. The van der Waals surface area contributed by atoms with Crippen molar-refractivity contribution in [3.63, 3.8) is 0 Å². The first kappa shape index (κ1) is 19.8. The number of sulfonamides is 1. The highest BCUT2D eigenvalue weighted by Gasteiger charge is 2.51. The molecule has 3 atom stereocenters. The molecule has 1 aliphatic carbocycles. The molecule has 2 fully saturated rings. The van der Waals surface area contributed by atoms with Crippen molar-refractivity contribution in [1.82, 2.24) is 4.31 Å². The molecule has 160 valence electrons. The van der Waals surface area contributed by atoms with E-state index in [4.69, 9.17) is 14.2 Å². The Kier molecular flexibility index (Phi) is 5.21. The predicted molar refractivity (Wildman–Crippen MR) is 112 cm³/mol. The molecule has 0 spiro atoms. The molecule has 3 aliphatic rings. The van der Waals surface area contributed by atoms with Crippen LogP contribution in [0.4, 0.5) is 0 Å².